The van der Waals surface area contributed by atoms with Crippen molar-refractivity contribution < 1.29 is 24.5 Å². The molecular weight excluding hydrogens is 296 g/mol. The second-order valence-corrected chi connectivity index (χ2v) is 6.45. The van der Waals surface area contributed by atoms with Crippen LogP contribution in [0, 0.1) is 0 Å². The van der Waals surface area contributed by atoms with Crippen LogP contribution in [0.5, 0.6) is 0 Å². The Kier molecular flexibility index (Phi) is 5.72. The van der Waals surface area contributed by atoms with Gasteiger partial charge in [0.2, 0.25) is 0 Å². The zero-order chi connectivity index (χ0) is 15.4. The molecule has 2 rings (SSSR count). The number of ether oxygens (including phenoxy) is 1. The lowest BCUT2D eigenvalue weighted by Gasteiger charge is -2.37. The predicted octanol–water partition coefficient (Wildman–Crippen LogP) is 0.428. The molecule has 8 heteroatoms. The molecule has 2 N–H and O–H groups in total. The van der Waals surface area contributed by atoms with E-state index in [9.17, 15) is 14.7 Å². The molecule has 2 aliphatic heterocycles. The van der Waals surface area contributed by atoms with Gasteiger partial charge in [0.15, 0.2) is 0 Å². The molecule has 2 saturated heterocycles. The summed E-state index contributed by atoms with van der Waals surface area (Å²) in [5.74, 6) is -0.527. The summed E-state index contributed by atoms with van der Waals surface area (Å²) in [6, 6.07) is -1.03. The van der Waals surface area contributed by atoms with E-state index in [1.807, 2.05) is 6.92 Å². The van der Waals surface area contributed by atoms with E-state index in [1.165, 1.54) is 16.7 Å². The minimum Gasteiger partial charge on any atom is -0.480 e. The van der Waals surface area contributed by atoms with Gasteiger partial charge in [0.25, 0.3) is 0 Å². The number of carbonyl (C=O) groups is 2. The van der Waals surface area contributed by atoms with Gasteiger partial charge in [0, 0.05) is 12.3 Å². The first-order valence-electron chi connectivity index (χ1n) is 7.22. The summed E-state index contributed by atoms with van der Waals surface area (Å²) in [6.45, 7) is 2.99. The number of carbonyl (C=O) groups excluding carboxylic acids is 1. The first-order chi connectivity index (χ1) is 10.1. The lowest BCUT2D eigenvalue weighted by molar-refractivity contribution is -0.141. The molecule has 7 nitrogen and oxygen atoms in total. The third kappa shape index (κ3) is 3.61. The first-order valence-corrected chi connectivity index (χ1v) is 8.27. The number of carboxylic acids is 1. The number of rotatable bonds is 4. The molecule has 0 aromatic carbocycles. The van der Waals surface area contributed by atoms with Crippen LogP contribution in [0.1, 0.15) is 19.8 Å². The lowest BCUT2D eigenvalue weighted by Crippen LogP contribution is -2.56. The molecular formula is C13H22N2O5S. The maximum atomic E-state index is 12.7. The van der Waals surface area contributed by atoms with Crippen LogP contribution in [0.3, 0.4) is 0 Å². The van der Waals surface area contributed by atoms with Crippen LogP contribution in [-0.2, 0) is 9.53 Å². The van der Waals surface area contributed by atoms with Gasteiger partial charge in [-0.25, -0.2) is 9.59 Å². The zero-order valence-electron chi connectivity index (χ0n) is 12.1. The summed E-state index contributed by atoms with van der Waals surface area (Å²) in [6.07, 6.45) is 1.30. The summed E-state index contributed by atoms with van der Waals surface area (Å²) >= 11 is 1.53. The van der Waals surface area contributed by atoms with E-state index in [4.69, 9.17) is 9.84 Å². The Hall–Kier alpha value is -0.990. The molecule has 0 saturated carbocycles. The molecule has 21 heavy (non-hydrogen) atoms. The molecule has 0 aromatic rings. The smallest absolute Gasteiger partial charge is 0.327 e. The molecule has 2 fully saturated rings. The number of amides is 2. The Bertz CT molecular complexity index is 395. The number of nitrogens with zero attached hydrogens (tertiary/aromatic N) is 2. The van der Waals surface area contributed by atoms with Crippen LogP contribution in [0.4, 0.5) is 4.79 Å². The molecule has 0 aromatic heterocycles. The average molecular weight is 318 g/mol. The Labute approximate surface area is 128 Å². The summed E-state index contributed by atoms with van der Waals surface area (Å²) < 4.78 is 5.33. The van der Waals surface area contributed by atoms with Crippen LogP contribution in [0.25, 0.3) is 0 Å². The molecule has 3 unspecified atom stereocenters. The van der Waals surface area contributed by atoms with Gasteiger partial charge in [-0.2, -0.15) is 0 Å². The van der Waals surface area contributed by atoms with E-state index in [0.29, 0.717) is 25.4 Å². The molecule has 2 aliphatic rings. The third-order valence-corrected chi connectivity index (χ3v) is 5.10. The minimum atomic E-state index is -0.957. The largest absolute Gasteiger partial charge is 0.480 e. The molecule has 0 aliphatic carbocycles. The van der Waals surface area contributed by atoms with Crippen molar-refractivity contribution in [1.82, 2.24) is 9.80 Å². The molecule has 0 bridgehead atoms. The van der Waals surface area contributed by atoms with Crippen molar-refractivity contribution in [2.75, 3.05) is 32.1 Å². The molecule has 0 spiro atoms. The third-order valence-electron chi connectivity index (χ3n) is 3.75. The number of aliphatic carboxylic acids is 1. The van der Waals surface area contributed by atoms with E-state index in [-0.39, 0.29) is 24.1 Å². The predicted molar refractivity (Wildman–Crippen MR) is 78.2 cm³/mol. The monoisotopic (exact) mass is 318 g/mol. The number of hydrogen-bond donors (Lipinski definition) is 2. The van der Waals surface area contributed by atoms with Crippen molar-refractivity contribution in [3.8, 4) is 0 Å². The van der Waals surface area contributed by atoms with Crippen molar-refractivity contribution in [3.63, 3.8) is 0 Å². The highest BCUT2D eigenvalue weighted by Crippen LogP contribution is 2.33. The van der Waals surface area contributed by atoms with Crippen molar-refractivity contribution >= 4 is 23.8 Å². The van der Waals surface area contributed by atoms with E-state index < -0.39 is 12.0 Å². The normalized spacial score (nSPS) is 29.7. The number of urea groups is 1. The first kappa shape index (κ1) is 16.4. The van der Waals surface area contributed by atoms with Gasteiger partial charge in [0.1, 0.15) is 6.04 Å². The standard InChI is InChI=1S/C13H22N2O5S/c1-2-3-11-15(10(8-21-11)12(17)18)13(19)14-4-5-20-9(6-14)7-16/h9-11,16H,2-8H2,1H3,(H,17,18). The van der Waals surface area contributed by atoms with Gasteiger partial charge < -0.3 is 19.8 Å². The summed E-state index contributed by atoms with van der Waals surface area (Å²) in [5, 5.41) is 18.4. The van der Waals surface area contributed by atoms with Crippen LogP contribution >= 0.6 is 11.8 Å². The highest BCUT2D eigenvalue weighted by molar-refractivity contribution is 8.00. The van der Waals surface area contributed by atoms with E-state index >= 15 is 0 Å². The van der Waals surface area contributed by atoms with Crippen LogP contribution < -0.4 is 0 Å². The summed E-state index contributed by atoms with van der Waals surface area (Å²) in [4.78, 5) is 27.2. The van der Waals surface area contributed by atoms with Gasteiger partial charge in [-0.15, -0.1) is 11.8 Å². The maximum absolute atomic E-state index is 12.7. The van der Waals surface area contributed by atoms with Gasteiger partial charge >= 0.3 is 12.0 Å². The van der Waals surface area contributed by atoms with Crippen LogP contribution in [-0.4, -0.2) is 81.6 Å². The molecule has 2 amide bonds. The molecule has 0 radical (unpaired) electrons. The molecule has 120 valence electrons. The Balaban J connectivity index is 2.10. The van der Waals surface area contributed by atoms with Crippen LogP contribution in [0.15, 0.2) is 0 Å². The van der Waals surface area contributed by atoms with Crippen molar-refractivity contribution in [2.24, 2.45) is 0 Å². The fraction of sp³-hybridized carbons (Fsp3) is 0.846. The SMILES string of the molecule is CCCC1SCC(C(=O)O)N1C(=O)N1CCOC(CO)C1. The Morgan fingerprint density at radius 2 is 2.19 bits per heavy atom. The summed E-state index contributed by atoms with van der Waals surface area (Å²) in [5.41, 5.74) is 0. The number of hydrogen-bond acceptors (Lipinski definition) is 5. The highest BCUT2D eigenvalue weighted by atomic mass is 32.2. The fourth-order valence-electron chi connectivity index (χ4n) is 2.65. The van der Waals surface area contributed by atoms with E-state index in [2.05, 4.69) is 0 Å². The Morgan fingerprint density at radius 3 is 2.81 bits per heavy atom. The van der Waals surface area contributed by atoms with Gasteiger partial charge in [0.05, 0.1) is 31.2 Å². The number of morpholine rings is 1. The van der Waals surface area contributed by atoms with Gasteiger partial charge in [-0.3, -0.25) is 4.90 Å². The van der Waals surface area contributed by atoms with Crippen molar-refractivity contribution in [1.29, 1.82) is 0 Å². The Morgan fingerprint density at radius 1 is 1.43 bits per heavy atom. The van der Waals surface area contributed by atoms with Crippen molar-refractivity contribution in [3.05, 3.63) is 0 Å². The fourth-order valence-corrected chi connectivity index (χ4v) is 4.15. The summed E-state index contributed by atoms with van der Waals surface area (Å²) in [7, 11) is 0. The van der Waals surface area contributed by atoms with E-state index in [1.54, 1.807) is 4.90 Å². The van der Waals surface area contributed by atoms with E-state index in [0.717, 1.165) is 12.8 Å². The van der Waals surface area contributed by atoms with Crippen LogP contribution in [0.2, 0.25) is 0 Å². The van der Waals surface area contributed by atoms with Crippen molar-refractivity contribution in [2.45, 2.75) is 37.3 Å². The van der Waals surface area contributed by atoms with Gasteiger partial charge in [-0.1, -0.05) is 13.3 Å². The number of thioether (sulfide) groups is 1. The lowest BCUT2D eigenvalue weighted by atomic mass is 10.2. The quantitative estimate of drug-likeness (QED) is 0.781. The maximum Gasteiger partial charge on any atom is 0.327 e. The minimum absolute atomic E-state index is 0.0842. The topological polar surface area (TPSA) is 90.3 Å². The number of aliphatic hydroxyl groups is 1. The van der Waals surface area contributed by atoms with Gasteiger partial charge in [-0.05, 0) is 6.42 Å². The highest BCUT2D eigenvalue weighted by Gasteiger charge is 2.43. The number of aliphatic hydroxyl groups excluding tert-OH is 1. The molecule has 3 atom stereocenters. The zero-order valence-corrected chi connectivity index (χ0v) is 12.9. The second-order valence-electron chi connectivity index (χ2n) is 5.24. The average Bonchev–Trinajstić information content (AvgIpc) is 2.91. The molecule has 2 heterocycles. The number of carboxylic acid groups (broad SMARTS) is 1. The second kappa shape index (κ2) is 7.33.